The molecule has 12 aromatic carbocycles. The highest BCUT2D eigenvalue weighted by Gasteiger charge is 2.27. The summed E-state index contributed by atoms with van der Waals surface area (Å²) in [5, 5.41) is 12.2. The van der Waals surface area contributed by atoms with E-state index in [1.165, 1.54) is 98.7 Å². The van der Waals surface area contributed by atoms with Crippen molar-refractivity contribution in [3.63, 3.8) is 0 Å². The maximum Gasteiger partial charge on any atom is 0.135 e. The first-order valence-corrected chi connectivity index (χ1v) is 21.3. The highest BCUT2D eigenvalue weighted by molar-refractivity contribution is 6.33. The Morgan fingerprint density at radius 2 is 0.548 bits per heavy atom. The van der Waals surface area contributed by atoms with Gasteiger partial charge in [-0.15, -0.1) is 0 Å². The molecular weight excluding hydrogens is 753 g/mol. The predicted octanol–water partition coefficient (Wildman–Crippen LogP) is 17.1. The average Bonchev–Trinajstić information content (AvgIpc) is 3.34. The second kappa shape index (κ2) is 12.7. The first-order valence-electron chi connectivity index (χ1n) is 21.3. The van der Waals surface area contributed by atoms with Crippen LogP contribution < -0.4 is 9.47 Å². The quantitative estimate of drug-likeness (QED) is 0.165. The molecule has 0 bridgehead atoms. The standard InChI is InChI=1S/C60H34O2/c1-3-13-35(14-4-1)49-33-51(37-25-27-43-39-17-7-9-21-53(39)61-55-23-11-19-41(37)57(43)55)47-32-30-46-50(36-15-5-2-6-16-36)34-52(48-31-29-45(49)59(47)60(46)48)38-26-28-44-40-18-8-10-22-54(40)62-56-24-12-20-42(38)58(44)56/h1-34H. The van der Waals surface area contributed by atoms with Crippen LogP contribution in [0.2, 0.25) is 0 Å². The molecule has 0 spiro atoms. The maximum absolute atomic E-state index is 6.59. The molecule has 0 aromatic heterocycles. The minimum Gasteiger partial charge on any atom is -0.456 e. The molecule has 2 heteroatoms. The highest BCUT2D eigenvalue weighted by Crippen LogP contribution is 2.54. The summed E-state index contributed by atoms with van der Waals surface area (Å²) >= 11 is 0. The third kappa shape index (κ3) is 4.64. The fourth-order valence-electron chi connectivity index (χ4n) is 10.8. The molecule has 0 unspecified atom stereocenters. The molecule has 2 aliphatic heterocycles. The number of para-hydroxylation sites is 2. The van der Waals surface area contributed by atoms with Crippen molar-refractivity contribution in [1.29, 1.82) is 0 Å². The van der Waals surface area contributed by atoms with Crippen LogP contribution in [0.15, 0.2) is 206 Å². The molecule has 0 aliphatic carbocycles. The van der Waals surface area contributed by atoms with Gasteiger partial charge in [0.15, 0.2) is 0 Å². The van der Waals surface area contributed by atoms with Crippen molar-refractivity contribution in [2.75, 3.05) is 0 Å². The van der Waals surface area contributed by atoms with E-state index < -0.39 is 0 Å². The molecule has 0 N–H and O–H groups in total. The van der Waals surface area contributed by atoms with Gasteiger partial charge in [0.25, 0.3) is 0 Å². The SMILES string of the molecule is c1ccc(-c2cc(-c3ccc4c5c(cccc35)Oc3ccccc3-4)c3ccc4c(-c5ccccc5)cc(-c5ccc6c7c(cccc57)Oc5ccccc5-6)c5ccc2c3c45)cc1. The molecule has 0 saturated heterocycles. The van der Waals surface area contributed by atoms with Gasteiger partial charge in [-0.3, -0.25) is 0 Å². The van der Waals surface area contributed by atoms with Crippen LogP contribution in [0.1, 0.15) is 0 Å². The van der Waals surface area contributed by atoms with Crippen LogP contribution in [0.25, 0.3) is 121 Å². The smallest absolute Gasteiger partial charge is 0.135 e. The van der Waals surface area contributed by atoms with E-state index in [0.29, 0.717) is 0 Å². The predicted molar refractivity (Wildman–Crippen MR) is 258 cm³/mol. The van der Waals surface area contributed by atoms with Gasteiger partial charge in [0.1, 0.15) is 23.0 Å². The summed E-state index contributed by atoms with van der Waals surface area (Å²) in [4.78, 5) is 0. The van der Waals surface area contributed by atoms with Crippen LogP contribution in [-0.2, 0) is 0 Å². The van der Waals surface area contributed by atoms with Gasteiger partial charge in [-0.05, 0) is 135 Å². The van der Waals surface area contributed by atoms with Gasteiger partial charge < -0.3 is 9.47 Å². The summed E-state index contributed by atoms with van der Waals surface area (Å²) in [5.74, 6) is 3.58. The Morgan fingerprint density at radius 1 is 0.194 bits per heavy atom. The van der Waals surface area contributed by atoms with Crippen molar-refractivity contribution in [3.8, 4) is 89.8 Å². The molecule has 0 saturated carbocycles. The van der Waals surface area contributed by atoms with Crippen LogP contribution in [0.3, 0.4) is 0 Å². The zero-order valence-electron chi connectivity index (χ0n) is 33.4. The highest BCUT2D eigenvalue weighted by atomic mass is 16.5. The number of fused-ring (bicyclic) bond motifs is 4. The van der Waals surface area contributed by atoms with Gasteiger partial charge in [-0.2, -0.15) is 0 Å². The van der Waals surface area contributed by atoms with Gasteiger partial charge in [0, 0.05) is 21.9 Å². The Hall–Kier alpha value is -8.20. The van der Waals surface area contributed by atoms with Gasteiger partial charge in [0.05, 0.1) is 0 Å². The molecule has 0 radical (unpaired) electrons. The Morgan fingerprint density at radius 3 is 1.00 bits per heavy atom. The van der Waals surface area contributed by atoms with Crippen LogP contribution >= 0.6 is 0 Å². The van der Waals surface area contributed by atoms with Crippen LogP contribution in [0, 0.1) is 0 Å². The Bertz CT molecular complexity index is 3590. The largest absolute Gasteiger partial charge is 0.456 e. The summed E-state index contributed by atoms with van der Waals surface area (Å²) in [6, 6.07) is 75.1. The van der Waals surface area contributed by atoms with Gasteiger partial charge in [-0.1, -0.05) is 170 Å². The number of ether oxygens (including phenoxy) is 2. The Balaban J connectivity index is 1.12. The van der Waals surface area contributed by atoms with E-state index in [2.05, 4.69) is 194 Å². The number of benzene rings is 12. The minimum absolute atomic E-state index is 0.895. The zero-order valence-corrected chi connectivity index (χ0v) is 33.4. The summed E-state index contributed by atoms with van der Waals surface area (Å²) in [6.45, 7) is 0. The molecule has 62 heavy (non-hydrogen) atoms. The van der Waals surface area contributed by atoms with Crippen LogP contribution in [0.4, 0.5) is 0 Å². The van der Waals surface area contributed by atoms with Gasteiger partial charge >= 0.3 is 0 Å². The molecule has 2 nitrogen and oxygen atoms in total. The van der Waals surface area contributed by atoms with Crippen molar-refractivity contribution in [1.82, 2.24) is 0 Å². The fraction of sp³-hybridized carbons (Fsp3) is 0. The van der Waals surface area contributed by atoms with E-state index in [9.17, 15) is 0 Å². The molecule has 0 fully saturated rings. The van der Waals surface area contributed by atoms with Gasteiger partial charge in [-0.25, -0.2) is 0 Å². The minimum atomic E-state index is 0.895. The normalized spacial score (nSPS) is 12.5. The number of hydrogen-bond donors (Lipinski definition) is 0. The average molecular weight is 787 g/mol. The molecule has 0 amide bonds. The van der Waals surface area contributed by atoms with E-state index in [4.69, 9.17) is 9.47 Å². The van der Waals surface area contributed by atoms with Crippen molar-refractivity contribution < 1.29 is 9.47 Å². The lowest BCUT2D eigenvalue weighted by Gasteiger charge is -2.25. The lowest BCUT2D eigenvalue weighted by atomic mass is 9.80. The molecule has 286 valence electrons. The Kier molecular flexibility index (Phi) is 6.86. The van der Waals surface area contributed by atoms with Crippen molar-refractivity contribution in [3.05, 3.63) is 206 Å². The second-order valence-electron chi connectivity index (χ2n) is 16.6. The second-order valence-corrected chi connectivity index (χ2v) is 16.6. The fourth-order valence-corrected chi connectivity index (χ4v) is 10.8. The molecular formula is C60H34O2. The maximum atomic E-state index is 6.59. The van der Waals surface area contributed by atoms with Crippen LogP contribution in [0.5, 0.6) is 23.0 Å². The summed E-state index contributed by atoms with van der Waals surface area (Å²) in [5.41, 5.74) is 14.3. The molecule has 14 rings (SSSR count). The lowest BCUT2D eigenvalue weighted by Crippen LogP contribution is -1.99. The van der Waals surface area contributed by atoms with Crippen molar-refractivity contribution in [2.45, 2.75) is 0 Å². The monoisotopic (exact) mass is 786 g/mol. The van der Waals surface area contributed by atoms with Crippen molar-refractivity contribution in [2.24, 2.45) is 0 Å². The third-order valence-electron chi connectivity index (χ3n) is 13.4. The first kappa shape index (κ1) is 33.6. The van der Waals surface area contributed by atoms with E-state index in [0.717, 1.165) is 44.9 Å². The van der Waals surface area contributed by atoms with Crippen molar-refractivity contribution >= 4 is 53.9 Å². The van der Waals surface area contributed by atoms with Crippen LogP contribution in [-0.4, -0.2) is 0 Å². The molecule has 0 atom stereocenters. The first-order chi connectivity index (χ1) is 30.8. The van der Waals surface area contributed by atoms with E-state index in [-0.39, 0.29) is 0 Å². The summed E-state index contributed by atoms with van der Waals surface area (Å²) in [6.07, 6.45) is 0. The number of hydrogen-bond acceptors (Lipinski definition) is 2. The Labute approximate surface area is 357 Å². The topological polar surface area (TPSA) is 18.5 Å². The van der Waals surface area contributed by atoms with E-state index in [1.807, 2.05) is 12.1 Å². The third-order valence-corrected chi connectivity index (χ3v) is 13.4. The van der Waals surface area contributed by atoms with E-state index >= 15 is 0 Å². The zero-order chi connectivity index (χ0) is 40.5. The molecule has 12 aromatic rings. The van der Waals surface area contributed by atoms with Gasteiger partial charge in [0.2, 0.25) is 0 Å². The summed E-state index contributed by atoms with van der Waals surface area (Å²) < 4.78 is 13.2. The number of rotatable bonds is 4. The summed E-state index contributed by atoms with van der Waals surface area (Å²) in [7, 11) is 0. The van der Waals surface area contributed by atoms with E-state index in [1.54, 1.807) is 0 Å². The molecule has 2 heterocycles. The lowest BCUT2D eigenvalue weighted by molar-refractivity contribution is 0.487. The molecule has 2 aliphatic rings.